The summed E-state index contributed by atoms with van der Waals surface area (Å²) in [5.74, 6) is 0. The number of hydrogen-bond acceptors (Lipinski definition) is 1. The van der Waals surface area contributed by atoms with Crippen LogP contribution >= 0.6 is 11.1 Å². The van der Waals surface area contributed by atoms with Gasteiger partial charge in [-0.2, -0.15) is 0 Å². The third kappa shape index (κ3) is 3.59. The molecule has 0 radical (unpaired) electrons. The Labute approximate surface area is 70.2 Å². The van der Waals surface area contributed by atoms with E-state index in [1.165, 1.54) is 18.9 Å². The first kappa shape index (κ1) is 10.5. The van der Waals surface area contributed by atoms with Gasteiger partial charge < -0.3 is 4.57 Å². The largest absolute Gasteiger partial charge is 0.317 e. The highest BCUT2D eigenvalue weighted by Gasteiger charge is 2.26. The Balaban J connectivity index is 3.63. The van der Waals surface area contributed by atoms with Crippen molar-refractivity contribution in [3.05, 3.63) is 0 Å². The second-order valence-electron chi connectivity index (χ2n) is 3.14. The lowest BCUT2D eigenvalue weighted by molar-refractivity contribution is 0.624. The zero-order valence-electron chi connectivity index (χ0n) is 7.45. The minimum absolute atomic E-state index is 1.21. The second kappa shape index (κ2) is 4.37. The van der Waals surface area contributed by atoms with Crippen molar-refractivity contribution in [3.63, 3.8) is 0 Å². The van der Waals surface area contributed by atoms with Gasteiger partial charge in [-0.1, -0.05) is 19.8 Å². The van der Waals surface area contributed by atoms with E-state index >= 15 is 0 Å². The molecule has 0 spiro atoms. The number of nitrogens with zero attached hydrogens (tertiary/aromatic N) is 1. The van der Waals surface area contributed by atoms with Crippen LogP contribution in [0.25, 0.3) is 0 Å². The van der Waals surface area contributed by atoms with E-state index in [4.69, 9.17) is 11.1 Å². The molecule has 0 saturated carbocycles. The van der Waals surface area contributed by atoms with Gasteiger partial charge in [0.2, 0.25) is 7.55 Å². The van der Waals surface area contributed by atoms with Gasteiger partial charge >= 0.3 is 0 Å². The monoisotopic (exact) mass is 179 g/mol. The van der Waals surface area contributed by atoms with Crippen molar-refractivity contribution in [3.8, 4) is 0 Å². The van der Waals surface area contributed by atoms with Crippen LogP contribution < -0.4 is 0 Å². The van der Waals surface area contributed by atoms with Gasteiger partial charge in [0.25, 0.3) is 0 Å². The summed E-state index contributed by atoms with van der Waals surface area (Å²) in [5, 5.41) is 0. The maximum absolute atomic E-state index is 6.31. The Bertz CT molecular complexity index is 93.6. The van der Waals surface area contributed by atoms with Crippen molar-refractivity contribution in [2.45, 2.75) is 32.4 Å². The van der Waals surface area contributed by atoms with Gasteiger partial charge in [-0.25, -0.2) is 0 Å². The van der Waals surface area contributed by atoms with Crippen molar-refractivity contribution in [1.82, 2.24) is 4.57 Å². The normalized spacial score (nSPS) is 17.4. The van der Waals surface area contributed by atoms with Gasteiger partial charge in [-0.3, -0.25) is 0 Å². The van der Waals surface area contributed by atoms with Crippen LogP contribution in [0.4, 0.5) is 0 Å². The van der Waals surface area contributed by atoms with Crippen molar-refractivity contribution in [2.24, 2.45) is 0 Å². The molecule has 0 aromatic heterocycles. The Morgan fingerprint density at radius 2 is 1.90 bits per heavy atom. The van der Waals surface area contributed by atoms with Gasteiger partial charge in [0.05, 0.1) is 0 Å². The standard InChI is InChI=1S/C7H18ClNSi/c1-5-6-7-10(4,8)9(2)3/h5-7H2,1-4H3. The molecule has 0 aliphatic heterocycles. The summed E-state index contributed by atoms with van der Waals surface area (Å²) in [4.78, 5) is 0. The summed E-state index contributed by atoms with van der Waals surface area (Å²) in [7, 11) is 2.66. The van der Waals surface area contributed by atoms with Crippen LogP contribution in [-0.2, 0) is 0 Å². The molecule has 1 atom stereocenters. The molecule has 0 saturated heterocycles. The first-order chi connectivity index (χ1) is 4.50. The van der Waals surface area contributed by atoms with Gasteiger partial charge in [0.15, 0.2) is 0 Å². The van der Waals surface area contributed by atoms with Gasteiger partial charge in [-0.05, 0) is 26.7 Å². The van der Waals surface area contributed by atoms with Crippen LogP contribution in [0.3, 0.4) is 0 Å². The van der Waals surface area contributed by atoms with Crippen molar-refractivity contribution < 1.29 is 0 Å². The number of unbranched alkanes of at least 4 members (excludes halogenated alkanes) is 1. The second-order valence-corrected chi connectivity index (χ2v) is 9.26. The molecule has 0 aliphatic rings. The van der Waals surface area contributed by atoms with E-state index in [1.54, 1.807) is 0 Å². The first-order valence-corrected chi connectivity index (χ1v) is 7.53. The van der Waals surface area contributed by atoms with Crippen molar-refractivity contribution in [2.75, 3.05) is 14.1 Å². The lowest BCUT2D eigenvalue weighted by Crippen LogP contribution is -2.40. The quantitative estimate of drug-likeness (QED) is 0.474. The van der Waals surface area contributed by atoms with E-state index in [0.29, 0.717) is 0 Å². The van der Waals surface area contributed by atoms with Crippen LogP contribution in [0, 0.1) is 0 Å². The molecular formula is C7H18ClNSi. The average molecular weight is 180 g/mol. The number of hydrogen-bond donors (Lipinski definition) is 0. The number of rotatable bonds is 4. The fourth-order valence-electron chi connectivity index (χ4n) is 0.723. The molecule has 0 fully saturated rings. The summed E-state index contributed by atoms with van der Waals surface area (Å²) in [6.45, 7) is 4.40. The van der Waals surface area contributed by atoms with Crippen LogP contribution in [0.2, 0.25) is 12.6 Å². The molecule has 1 nitrogen and oxygen atoms in total. The third-order valence-corrected chi connectivity index (χ3v) is 6.63. The molecule has 3 heteroatoms. The molecule has 0 aromatic rings. The molecule has 0 aromatic carbocycles. The topological polar surface area (TPSA) is 3.24 Å². The smallest absolute Gasteiger partial charge is 0.225 e. The van der Waals surface area contributed by atoms with E-state index in [0.717, 1.165) is 0 Å². The Morgan fingerprint density at radius 1 is 1.40 bits per heavy atom. The predicted octanol–water partition coefficient (Wildman–Crippen LogP) is 2.66. The van der Waals surface area contributed by atoms with Gasteiger partial charge in [-0.15, -0.1) is 11.1 Å². The molecule has 62 valence electrons. The van der Waals surface area contributed by atoms with Crippen LogP contribution in [-0.4, -0.2) is 26.2 Å². The minimum atomic E-state index is -1.50. The molecule has 0 rings (SSSR count). The fraction of sp³-hybridized carbons (Fsp3) is 1.00. The van der Waals surface area contributed by atoms with Crippen molar-refractivity contribution in [1.29, 1.82) is 0 Å². The highest BCUT2D eigenvalue weighted by Crippen LogP contribution is 2.19. The van der Waals surface area contributed by atoms with Gasteiger partial charge in [0, 0.05) is 0 Å². The van der Waals surface area contributed by atoms with E-state index < -0.39 is 7.55 Å². The van der Waals surface area contributed by atoms with Crippen LogP contribution in [0.15, 0.2) is 0 Å². The summed E-state index contributed by atoms with van der Waals surface area (Å²) in [6, 6.07) is 1.21. The summed E-state index contributed by atoms with van der Waals surface area (Å²) in [5.41, 5.74) is 0. The summed E-state index contributed by atoms with van der Waals surface area (Å²) < 4.78 is 2.20. The van der Waals surface area contributed by atoms with Crippen molar-refractivity contribution >= 4 is 18.6 Å². The minimum Gasteiger partial charge on any atom is -0.317 e. The summed E-state index contributed by atoms with van der Waals surface area (Å²) >= 11 is 6.31. The highest BCUT2D eigenvalue weighted by molar-refractivity contribution is 7.18. The van der Waals surface area contributed by atoms with E-state index in [-0.39, 0.29) is 0 Å². The maximum Gasteiger partial charge on any atom is 0.225 e. The first-order valence-electron chi connectivity index (χ1n) is 3.87. The number of halogens is 1. The Hall–Kier alpha value is 0.467. The highest BCUT2D eigenvalue weighted by atomic mass is 35.6. The summed E-state index contributed by atoms with van der Waals surface area (Å²) in [6.07, 6.45) is 2.52. The zero-order chi connectivity index (χ0) is 8.20. The molecule has 0 aliphatic carbocycles. The molecule has 0 N–H and O–H groups in total. The van der Waals surface area contributed by atoms with Gasteiger partial charge in [0.1, 0.15) is 0 Å². The molecular weight excluding hydrogens is 162 g/mol. The van der Waals surface area contributed by atoms with E-state index in [1.807, 2.05) is 0 Å². The van der Waals surface area contributed by atoms with E-state index in [2.05, 4.69) is 32.1 Å². The Morgan fingerprint density at radius 3 is 2.20 bits per heavy atom. The lowest BCUT2D eigenvalue weighted by Gasteiger charge is -2.26. The molecule has 0 amide bonds. The predicted molar refractivity (Wildman–Crippen MR) is 50.9 cm³/mol. The molecule has 0 heterocycles. The van der Waals surface area contributed by atoms with E-state index in [9.17, 15) is 0 Å². The average Bonchev–Trinajstić information content (AvgIpc) is 1.84. The molecule has 10 heavy (non-hydrogen) atoms. The maximum atomic E-state index is 6.31. The lowest BCUT2D eigenvalue weighted by atomic mass is 10.4. The third-order valence-electron chi connectivity index (χ3n) is 1.92. The Kier molecular flexibility index (Phi) is 4.57. The fourth-order valence-corrected chi connectivity index (χ4v) is 2.57. The molecule has 1 unspecified atom stereocenters. The van der Waals surface area contributed by atoms with Crippen LogP contribution in [0.5, 0.6) is 0 Å². The van der Waals surface area contributed by atoms with Crippen LogP contribution in [0.1, 0.15) is 19.8 Å². The molecule has 0 bridgehead atoms. The SMILES string of the molecule is CCCC[Si](C)(Cl)N(C)C. The zero-order valence-corrected chi connectivity index (χ0v) is 9.20.